The van der Waals surface area contributed by atoms with Crippen LogP contribution in [0.2, 0.25) is 0 Å². The normalized spacial score (nSPS) is 20.9. The van der Waals surface area contributed by atoms with Crippen molar-refractivity contribution >= 4 is 16.0 Å². The lowest BCUT2D eigenvalue weighted by atomic mass is 10.3. The number of aromatic amines is 1. The Balaban J connectivity index is 2.43. The first kappa shape index (κ1) is 29.6. The molecule has 14 heteroatoms. The standard InChI is InChI=1S/C21H35N5O7P2/c1-6-26(17(2)3)34(32-14-7-11-22)24-12-9-20(25-13-8-19(27)23-21(25)28)33-18(16-24)10-15-35(29,30-4)31-5/h8,10,13,15,17-18,20H,6-7,9,12,14,16H2,1-5H3,(H,23,27,28)/b15-10+. The highest BCUT2D eigenvalue weighted by molar-refractivity contribution is 7.57. The van der Waals surface area contributed by atoms with Crippen molar-refractivity contribution in [1.82, 2.24) is 18.9 Å². The summed E-state index contributed by atoms with van der Waals surface area (Å²) in [6.45, 7) is 8.12. The smallest absolute Gasteiger partial charge is 0.349 e. The number of rotatable bonds is 12. The van der Waals surface area contributed by atoms with Gasteiger partial charge in [-0.1, -0.05) is 6.92 Å². The highest BCUT2D eigenvalue weighted by atomic mass is 31.2. The molecule has 1 aromatic heterocycles. The third kappa shape index (κ3) is 8.45. The maximum absolute atomic E-state index is 12.6. The number of hydrogen-bond donors (Lipinski definition) is 1. The molecule has 0 aliphatic carbocycles. The van der Waals surface area contributed by atoms with Gasteiger partial charge in [0, 0.05) is 64.4 Å². The predicted octanol–water partition coefficient (Wildman–Crippen LogP) is 3.01. The molecule has 0 radical (unpaired) electrons. The van der Waals surface area contributed by atoms with E-state index in [1.807, 2.05) is 6.92 Å². The molecule has 3 unspecified atom stereocenters. The van der Waals surface area contributed by atoms with Crippen LogP contribution in [0.25, 0.3) is 0 Å². The molecule has 0 aromatic carbocycles. The summed E-state index contributed by atoms with van der Waals surface area (Å²) in [5.74, 6) is 1.34. The SMILES string of the molecule is CCN(C(C)C)P(OCCC#N)N1CCC(n2ccc(=O)[nH]c2=O)OC(/C=C/P(=O)(OC)OC)C1. The lowest BCUT2D eigenvalue weighted by Crippen LogP contribution is -2.37. The van der Waals surface area contributed by atoms with Crippen LogP contribution in [0, 0.1) is 11.3 Å². The summed E-state index contributed by atoms with van der Waals surface area (Å²) in [4.78, 5) is 26.3. The average Bonchev–Trinajstić information content (AvgIpc) is 3.04. The first-order chi connectivity index (χ1) is 16.7. The molecule has 12 nitrogen and oxygen atoms in total. The minimum atomic E-state index is -3.44. The summed E-state index contributed by atoms with van der Waals surface area (Å²) in [7, 11) is -2.12. The van der Waals surface area contributed by atoms with Crippen LogP contribution >= 0.6 is 16.0 Å². The lowest BCUT2D eigenvalue weighted by Gasteiger charge is -2.39. The molecule has 1 fully saturated rings. The van der Waals surface area contributed by atoms with E-state index < -0.39 is 39.6 Å². The monoisotopic (exact) mass is 531 g/mol. The quantitative estimate of drug-likeness (QED) is 0.316. The zero-order valence-electron chi connectivity index (χ0n) is 20.8. The Morgan fingerprint density at radius 1 is 1.40 bits per heavy atom. The van der Waals surface area contributed by atoms with Gasteiger partial charge in [0.05, 0.1) is 25.2 Å². The van der Waals surface area contributed by atoms with Crippen LogP contribution in [-0.2, 0) is 22.9 Å². The van der Waals surface area contributed by atoms with Crippen LogP contribution < -0.4 is 11.2 Å². The predicted molar refractivity (Wildman–Crippen MR) is 133 cm³/mol. The van der Waals surface area contributed by atoms with E-state index in [-0.39, 0.29) is 19.1 Å². The van der Waals surface area contributed by atoms with E-state index in [2.05, 4.69) is 34.2 Å². The number of nitrogens with zero attached hydrogens (tertiary/aromatic N) is 4. The van der Waals surface area contributed by atoms with Gasteiger partial charge in [0.25, 0.3) is 5.56 Å². The topological polar surface area (TPSA) is 139 Å². The molecule has 3 atom stereocenters. The Bertz CT molecular complexity index is 1030. The van der Waals surface area contributed by atoms with Crippen molar-refractivity contribution in [1.29, 1.82) is 5.26 Å². The first-order valence-corrected chi connectivity index (χ1v) is 14.1. The highest BCUT2D eigenvalue weighted by Gasteiger charge is 2.34. The van der Waals surface area contributed by atoms with Crippen LogP contribution in [0.5, 0.6) is 0 Å². The summed E-state index contributed by atoms with van der Waals surface area (Å²) in [5, 5.41) is 8.99. The van der Waals surface area contributed by atoms with Gasteiger partial charge in [0.1, 0.15) is 6.23 Å². The van der Waals surface area contributed by atoms with Gasteiger partial charge in [-0.15, -0.1) is 0 Å². The van der Waals surface area contributed by atoms with Crippen LogP contribution in [0.4, 0.5) is 0 Å². The van der Waals surface area contributed by atoms with Crippen LogP contribution in [0.1, 0.15) is 39.8 Å². The van der Waals surface area contributed by atoms with E-state index in [1.165, 1.54) is 36.9 Å². The first-order valence-electron chi connectivity index (χ1n) is 11.4. The second-order valence-corrected chi connectivity index (χ2v) is 11.9. The average molecular weight is 531 g/mol. The van der Waals surface area contributed by atoms with Gasteiger partial charge in [-0.3, -0.25) is 18.9 Å². The van der Waals surface area contributed by atoms with Crippen LogP contribution in [-0.4, -0.2) is 71.5 Å². The van der Waals surface area contributed by atoms with Crippen molar-refractivity contribution in [3.05, 3.63) is 45.0 Å². The van der Waals surface area contributed by atoms with Gasteiger partial charge in [0.2, 0.25) is 0 Å². The van der Waals surface area contributed by atoms with Gasteiger partial charge >= 0.3 is 13.3 Å². The minimum absolute atomic E-state index is 0.186. The summed E-state index contributed by atoms with van der Waals surface area (Å²) in [6.07, 6.45) is 2.41. The molecular formula is C21H35N5O7P2. The third-order valence-corrected chi connectivity index (χ3v) is 9.31. The molecule has 1 aliphatic heterocycles. The fourth-order valence-electron chi connectivity index (χ4n) is 3.56. The number of hydrogen-bond acceptors (Lipinski definition) is 10. The van der Waals surface area contributed by atoms with E-state index in [0.29, 0.717) is 19.5 Å². The molecule has 1 saturated heterocycles. The third-order valence-electron chi connectivity index (χ3n) is 5.31. The maximum Gasteiger partial charge on any atom is 0.353 e. The number of nitriles is 1. The number of H-pyrrole nitrogens is 1. The number of aromatic nitrogens is 2. The van der Waals surface area contributed by atoms with E-state index in [0.717, 1.165) is 6.54 Å². The molecule has 196 valence electrons. The summed E-state index contributed by atoms with van der Waals surface area (Å²) >= 11 is 0. The fraction of sp³-hybridized carbons (Fsp3) is 0.667. The van der Waals surface area contributed by atoms with Crippen molar-refractivity contribution in [2.24, 2.45) is 0 Å². The molecule has 0 saturated carbocycles. The fourth-order valence-corrected chi connectivity index (χ4v) is 6.47. The largest absolute Gasteiger partial charge is 0.353 e. The van der Waals surface area contributed by atoms with E-state index in [9.17, 15) is 14.2 Å². The Kier molecular flexibility index (Phi) is 12.0. The molecule has 1 aliphatic rings. The highest BCUT2D eigenvalue weighted by Crippen LogP contribution is 2.50. The maximum atomic E-state index is 12.6. The van der Waals surface area contributed by atoms with E-state index in [4.69, 9.17) is 23.6 Å². The molecule has 2 heterocycles. The summed E-state index contributed by atoms with van der Waals surface area (Å²) in [5.41, 5.74) is -1.08. The Morgan fingerprint density at radius 2 is 2.11 bits per heavy atom. The Labute approximate surface area is 206 Å². The molecule has 1 N–H and O–H groups in total. The zero-order valence-corrected chi connectivity index (χ0v) is 22.6. The molecule has 2 rings (SSSR count). The van der Waals surface area contributed by atoms with E-state index >= 15 is 0 Å². The number of nitrogens with one attached hydrogen (secondary N) is 1. The molecular weight excluding hydrogens is 496 g/mol. The minimum Gasteiger partial charge on any atom is -0.349 e. The second-order valence-electron chi connectivity index (χ2n) is 7.94. The second kappa shape index (κ2) is 14.2. The Hall–Kier alpha value is -1.67. The van der Waals surface area contributed by atoms with Crippen LogP contribution in [0.3, 0.4) is 0 Å². The van der Waals surface area contributed by atoms with Crippen LogP contribution in [0.15, 0.2) is 33.7 Å². The molecule has 1 aromatic rings. The molecule has 0 bridgehead atoms. The van der Waals surface area contributed by atoms with Gasteiger partial charge in [0.15, 0.2) is 8.45 Å². The van der Waals surface area contributed by atoms with Crippen molar-refractivity contribution in [2.75, 3.05) is 40.5 Å². The van der Waals surface area contributed by atoms with Crippen molar-refractivity contribution in [3.8, 4) is 6.07 Å². The van der Waals surface area contributed by atoms with Gasteiger partial charge in [-0.2, -0.15) is 5.26 Å². The van der Waals surface area contributed by atoms with Crippen molar-refractivity contribution in [3.63, 3.8) is 0 Å². The summed E-state index contributed by atoms with van der Waals surface area (Å²) in [6, 6.07) is 3.56. The van der Waals surface area contributed by atoms with E-state index in [1.54, 1.807) is 6.08 Å². The van der Waals surface area contributed by atoms with Gasteiger partial charge < -0.3 is 18.3 Å². The molecule has 0 amide bonds. The lowest BCUT2D eigenvalue weighted by molar-refractivity contribution is -0.0267. The van der Waals surface area contributed by atoms with Gasteiger partial charge in [-0.05, 0) is 19.9 Å². The van der Waals surface area contributed by atoms with Gasteiger partial charge in [-0.25, -0.2) is 14.1 Å². The summed E-state index contributed by atoms with van der Waals surface area (Å²) < 4.78 is 40.7. The van der Waals surface area contributed by atoms with Crippen molar-refractivity contribution < 1.29 is 22.9 Å². The van der Waals surface area contributed by atoms with Crippen molar-refractivity contribution in [2.45, 2.75) is 52.0 Å². The number of ether oxygens (including phenoxy) is 1. The molecule has 0 spiro atoms. The zero-order chi connectivity index (χ0) is 26.0. The Morgan fingerprint density at radius 3 is 2.69 bits per heavy atom. The molecule has 35 heavy (non-hydrogen) atoms.